The number of nitrogen functional groups attached to an aromatic ring is 1. The van der Waals surface area contributed by atoms with E-state index in [4.69, 9.17) is 15.2 Å². The van der Waals surface area contributed by atoms with Gasteiger partial charge in [-0.1, -0.05) is 13.3 Å². The number of esters is 1. The summed E-state index contributed by atoms with van der Waals surface area (Å²) < 4.78 is 11.5. The van der Waals surface area contributed by atoms with E-state index in [9.17, 15) is 19.8 Å². The van der Waals surface area contributed by atoms with Crippen LogP contribution in [0.15, 0.2) is 17.1 Å². The van der Waals surface area contributed by atoms with Crippen molar-refractivity contribution >= 4 is 11.8 Å². The first-order chi connectivity index (χ1) is 10.9. The van der Waals surface area contributed by atoms with Gasteiger partial charge in [-0.2, -0.15) is 4.98 Å². The number of aliphatic hydroxyl groups excluding tert-OH is 2. The Hall–Kier alpha value is -1.97. The number of aliphatic hydroxyl groups is 2. The summed E-state index contributed by atoms with van der Waals surface area (Å²) in [6.45, 7) is 1.75. The molecule has 4 unspecified atom stereocenters. The molecule has 1 aliphatic heterocycles. The highest BCUT2D eigenvalue weighted by atomic mass is 16.6. The van der Waals surface area contributed by atoms with E-state index in [1.54, 1.807) is 0 Å². The fourth-order valence-electron chi connectivity index (χ4n) is 2.28. The first-order valence-electron chi connectivity index (χ1n) is 7.46. The summed E-state index contributed by atoms with van der Waals surface area (Å²) in [5.74, 6) is -0.354. The van der Waals surface area contributed by atoms with Crippen molar-refractivity contribution in [1.82, 2.24) is 9.55 Å². The van der Waals surface area contributed by atoms with E-state index >= 15 is 0 Å². The molecule has 0 bridgehead atoms. The Morgan fingerprint density at radius 3 is 2.87 bits per heavy atom. The van der Waals surface area contributed by atoms with Gasteiger partial charge in [-0.3, -0.25) is 9.36 Å². The smallest absolute Gasteiger partial charge is 0.351 e. The maximum atomic E-state index is 11.8. The minimum Gasteiger partial charge on any atom is -0.463 e. The molecule has 1 aromatic rings. The second-order valence-electron chi connectivity index (χ2n) is 5.38. The summed E-state index contributed by atoms with van der Waals surface area (Å²) in [4.78, 5) is 26.8. The maximum Gasteiger partial charge on any atom is 0.351 e. The van der Waals surface area contributed by atoms with E-state index in [-0.39, 0.29) is 18.8 Å². The fraction of sp³-hybridized carbons (Fsp3) is 0.643. The quantitative estimate of drug-likeness (QED) is 0.576. The molecule has 9 nitrogen and oxygen atoms in total. The Morgan fingerprint density at radius 1 is 1.48 bits per heavy atom. The Morgan fingerprint density at radius 2 is 2.22 bits per heavy atom. The van der Waals surface area contributed by atoms with Gasteiger partial charge in [0.25, 0.3) is 0 Å². The largest absolute Gasteiger partial charge is 0.463 e. The molecule has 0 amide bonds. The van der Waals surface area contributed by atoms with E-state index in [2.05, 4.69) is 4.98 Å². The van der Waals surface area contributed by atoms with Crippen molar-refractivity contribution in [3.05, 3.63) is 22.7 Å². The average molecular weight is 327 g/mol. The topological polar surface area (TPSA) is 137 Å². The summed E-state index contributed by atoms with van der Waals surface area (Å²) in [5, 5.41) is 20.0. The van der Waals surface area contributed by atoms with Gasteiger partial charge in [0, 0.05) is 12.6 Å². The first-order valence-corrected chi connectivity index (χ1v) is 7.46. The van der Waals surface area contributed by atoms with Gasteiger partial charge in [-0.05, 0) is 12.5 Å². The molecule has 2 heterocycles. The number of unbranched alkanes of at least 4 members (excludes halogenated alkanes) is 1. The molecule has 0 spiro atoms. The second kappa shape index (κ2) is 7.53. The van der Waals surface area contributed by atoms with Crippen LogP contribution in [0, 0.1) is 0 Å². The van der Waals surface area contributed by atoms with Crippen molar-refractivity contribution in [2.75, 3.05) is 12.3 Å². The summed E-state index contributed by atoms with van der Waals surface area (Å²) in [7, 11) is 0. The van der Waals surface area contributed by atoms with E-state index in [0.717, 1.165) is 11.0 Å². The molecule has 1 aromatic heterocycles. The number of aromatic nitrogens is 2. The third-order valence-electron chi connectivity index (χ3n) is 3.61. The molecular formula is C14H21N3O6. The van der Waals surface area contributed by atoms with Crippen LogP contribution in [0.1, 0.15) is 32.4 Å². The molecule has 0 aliphatic carbocycles. The van der Waals surface area contributed by atoms with Gasteiger partial charge in [-0.15, -0.1) is 0 Å². The van der Waals surface area contributed by atoms with Crippen molar-refractivity contribution in [3.63, 3.8) is 0 Å². The van der Waals surface area contributed by atoms with Crippen LogP contribution in [0.25, 0.3) is 0 Å². The Kier molecular flexibility index (Phi) is 5.69. The van der Waals surface area contributed by atoms with Crippen LogP contribution >= 0.6 is 0 Å². The van der Waals surface area contributed by atoms with Crippen LogP contribution in [0.3, 0.4) is 0 Å². The predicted octanol–water partition coefficient (Wildman–Crippen LogP) is -0.822. The number of ether oxygens (including phenoxy) is 2. The Bertz CT molecular complexity index is 604. The molecule has 4 atom stereocenters. The zero-order valence-electron chi connectivity index (χ0n) is 12.8. The van der Waals surface area contributed by atoms with E-state index < -0.39 is 36.2 Å². The molecule has 1 fully saturated rings. The number of nitrogens with two attached hydrogens (primary N) is 1. The maximum absolute atomic E-state index is 11.8. The molecule has 1 aliphatic rings. The van der Waals surface area contributed by atoms with Gasteiger partial charge in [0.1, 0.15) is 30.7 Å². The standard InChI is InChI=1S/C14H21N3O6/c1-2-3-4-10(18)22-7-8-11(19)12(20)13(23-8)17-6-5-9(15)16-14(17)21/h5-6,8,11-13,19-20H,2-4,7H2,1H3,(H2,15,16,21). The van der Waals surface area contributed by atoms with E-state index in [1.807, 2.05) is 6.92 Å². The number of carbonyl (C=O) groups excluding carboxylic acids is 1. The lowest BCUT2D eigenvalue weighted by Gasteiger charge is -2.16. The third-order valence-corrected chi connectivity index (χ3v) is 3.61. The molecule has 23 heavy (non-hydrogen) atoms. The van der Waals surface area contributed by atoms with Crippen LogP contribution in [0.2, 0.25) is 0 Å². The van der Waals surface area contributed by atoms with Crippen LogP contribution < -0.4 is 11.4 Å². The molecule has 4 N–H and O–H groups in total. The summed E-state index contributed by atoms with van der Waals surface area (Å²) in [6, 6.07) is 1.38. The molecule has 128 valence electrons. The lowest BCUT2D eigenvalue weighted by atomic mass is 10.1. The number of carbonyl (C=O) groups is 1. The lowest BCUT2D eigenvalue weighted by Crippen LogP contribution is -2.36. The van der Waals surface area contributed by atoms with Crippen molar-refractivity contribution in [2.45, 2.75) is 50.7 Å². The zero-order valence-corrected chi connectivity index (χ0v) is 12.8. The van der Waals surface area contributed by atoms with Gasteiger partial charge in [0.05, 0.1) is 0 Å². The second-order valence-corrected chi connectivity index (χ2v) is 5.38. The molecule has 1 saturated heterocycles. The number of hydrogen-bond donors (Lipinski definition) is 3. The number of rotatable bonds is 6. The van der Waals surface area contributed by atoms with Gasteiger partial charge >= 0.3 is 11.7 Å². The van der Waals surface area contributed by atoms with Crippen molar-refractivity contribution in [3.8, 4) is 0 Å². The van der Waals surface area contributed by atoms with Crippen LogP contribution in [-0.4, -0.2) is 50.7 Å². The van der Waals surface area contributed by atoms with E-state index in [0.29, 0.717) is 6.42 Å². The molecule has 0 aromatic carbocycles. The first kappa shape index (κ1) is 17.4. The van der Waals surface area contributed by atoms with Crippen LogP contribution in [0.5, 0.6) is 0 Å². The van der Waals surface area contributed by atoms with Gasteiger partial charge < -0.3 is 25.4 Å². The number of nitrogens with zero attached hydrogens (tertiary/aromatic N) is 2. The summed E-state index contributed by atoms with van der Waals surface area (Å²) in [6.07, 6.45) is -1.50. The predicted molar refractivity (Wildman–Crippen MR) is 79.3 cm³/mol. The van der Waals surface area contributed by atoms with Crippen LogP contribution in [0.4, 0.5) is 5.82 Å². The molecule has 0 radical (unpaired) electrons. The average Bonchev–Trinajstić information content (AvgIpc) is 2.79. The summed E-state index contributed by atoms with van der Waals surface area (Å²) in [5.41, 5.74) is 4.70. The van der Waals surface area contributed by atoms with Crippen molar-refractivity contribution < 1.29 is 24.5 Å². The van der Waals surface area contributed by atoms with Gasteiger partial charge in [0.15, 0.2) is 6.23 Å². The third kappa shape index (κ3) is 4.06. The molecule has 9 heteroatoms. The highest BCUT2D eigenvalue weighted by Gasteiger charge is 2.44. The molecular weight excluding hydrogens is 306 g/mol. The Labute approximate surface area is 132 Å². The Balaban J connectivity index is 2.00. The normalized spacial score (nSPS) is 27.1. The van der Waals surface area contributed by atoms with Crippen molar-refractivity contribution in [2.24, 2.45) is 0 Å². The number of anilines is 1. The van der Waals surface area contributed by atoms with E-state index in [1.165, 1.54) is 12.3 Å². The van der Waals surface area contributed by atoms with Gasteiger partial charge in [-0.25, -0.2) is 4.79 Å². The minimum atomic E-state index is -1.35. The minimum absolute atomic E-state index is 0.0423. The molecule has 0 saturated carbocycles. The highest BCUT2D eigenvalue weighted by Crippen LogP contribution is 2.28. The fourth-order valence-corrected chi connectivity index (χ4v) is 2.28. The lowest BCUT2D eigenvalue weighted by molar-refractivity contribution is -0.150. The SMILES string of the molecule is CCCCC(=O)OCC1OC(n2ccc(N)nc2=O)C(O)C1O. The van der Waals surface area contributed by atoms with Crippen molar-refractivity contribution in [1.29, 1.82) is 0 Å². The van der Waals surface area contributed by atoms with Gasteiger partial charge in [0.2, 0.25) is 0 Å². The monoisotopic (exact) mass is 327 g/mol. The summed E-state index contributed by atoms with van der Waals surface area (Å²) >= 11 is 0. The van der Waals surface area contributed by atoms with Crippen LogP contribution in [-0.2, 0) is 14.3 Å². The zero-order chi connectivity index (χ0) is 17.0. The number of hydrogen-bond acceptors (Lipinski definition) is 8. The molecule has 2 rings (SSSR count). The highest BCUT2D eigenvalue weighted by molar-refractivity contribution is 5.69.